The maximum atomic E-state index is 6.33. The Morgan fingerprint density at radius 1 is 1.39 bits per heavy atom. The van der Waals surface area contributed by atoms with Gasteiger partial charge < -0.3 is 5.73 Å². The van der Waals surface area contributed by atoms with Gasteiger partial charge in [0, 0.05) is 30.7 Å². The molecule has 1 saturated carbocycles. The van der Waals surface area contributed by atoms with Crippen molar-refractivity contribution in [3.8, 4) is 0 Å². The number of hydrogen-bond acceptors (Lipinski definition) is 2. The van der Waals surface area contributed by atoms with Crippen molar-refractivity contribution < 1.29 is 0 Å². The van der Waals surface area contributed by atoms with Gasteiger partial charge in [0.25, 0.3) is 0 Å². The lowest BCUT2D eigenvalue weighted by Gasteiger charge is -2.27. The zero-order valence-corrected chi connectivity index (χ0v) is 12.1. The molecule has 2 rings (SSSR count). The first-order valence-electron chi connectivity index (χ1n) is 6.81. The van der Waals surface area contributed by atoms with Gasteiger partial charge in [-0.25, -0.2) is 0 Å². The highest BCUT2D eigenvalue weighted by molar-refractivity contribution is 6.31. The molecule has 18 heavy (non-hydrogen) atoms. The number of hydrogen-bond donors (Lipinski definition) is 1. The summed E-state index contributed by atoms with van der Waals surface area (Å²) in [5.74, 6) is 0.912. The monoisotopic (exact) mass is 266 g/mol. The van der Waals surface area contributed by atoms with Crippen LogP contribution >= 0.6 is 11.6 Å². The Bertz CT molecular complexity index is 399. The molecule has 2 N–H and O–H groups in total. The van der Waals surface area contributed by atoms with Crippen molar-refractivity contribution in [3.05, 3.63) is 34.3 Å². The van der Waals surface area contributed by atoms with Gasteiger partial charge in [0.05, 0.1) is 0 Å². The van der Waals surface area contributed by atoms with E-state index in [2.05, 4.69) is 30.9 Å². The van der Waals surface area contributed by atoms with Gasteiger partial charge in [0.1, 0.15) is 0 Å². The van der Waals surface area contributed by atoms with E-state index in [0.717, 1.165) is 23.0 Å². The van der Waals surface area contributed by atoms with Crippen molar-refractivity contribution in [2.75, 3.05) is 6.54 Å². The molecule has 3 heteroatoms. The molecule has 1 aliphatic rings. The molecule has 100 valence electrons. The van der Waals surface area contributed by atoms with Gasteiger partial charge in [0.15, 0.2) is 0 Å². The Morgan fingerprint density at radius 2 is 2.11 bits per heavy atom. The second-order valence-corrected chi connectivity index (χ2v) is 6.00. The maximum absolute atomic E-state index is 6.33. The predicted molar refractivity (Wildman–Crippen MR) is 77.6 cm³/mol. The molecular formula is C15H23ClN2. The zero-order chi connectivity index (χ0) is 13.1. The van der Waals surface area contributed by atoms with Gasteiger partial charge in [-0.1, -0.05) is 23.7 Å². The van der Waals surface area contributed by atoms with Crippen LogP contribution in [0.4, 0.5) is 0 Å². The van der Waals surface area contributed by atoms with E-state index in [1.807, 2.05) is 6.07 Å². The fourth-order valence-corrected chi connectivity index (χ4v) is 2.42. The lowest BCUT2D eigenvalue weighted by atomic mass is 10.1. The van der Waals surface area contributed by atoms with Crippen LogP contribution in [0.15, 0.2) is 18.2 Å². The third-order valence-corrected chi connectivity index (χ3v) is 4.00. The van der Waals surface area contributed by atoms with Crippen LogP contribution < -0.4 is 5.73 Å². The van der Waals surface area contributed by atoms with Crippen LogP contribution in [0.2, 0.25) is 5.02 Å². The number of benzene rings is 1. The molecule has 1 aromatic carbocycles. The standard InChI is InChI=1S/C15H23ClN2/c1-11(2)18(9-12-3-4-12)10-14-6-5-13(8-17)7-15(14)16/h5-7,11-12H,3-4,8-10,17H2,1-2H3. The van der Waals surface area contributed by atoms with E-state index in [4.69, 9.17) is 17.3 Å². The Morgan fingerprint density at radius 3 is 2.61 bits per heavy atom. The summed E-state index contributed by atoms with van der Waals surface area (Å²) in [7, 11) is 0. The highest BCUT2D eigenvalue weighted by Gasteiger charge is 2.25. The quantitative estimate of drug-likeness (QED) is 0.855. The lowest BCUT2D eigenvalue weighted by molar-refractivity contribution is 0.204. The van der Waals surface area contributed by atoms with Gasteiger partial charge in [0.2, 0.25) is 0 Å². The summed E-state index contributed by atoms with van der Waals surface area (Å²) in [6.45, 7) is 7.20. The third-order valence-electron chi connectivity index (χ3n) is 3.65. The molecule has 0 saturated heterocycles. The maximum Gasteiger partial charge on any atom is 0.0454 e. The average Bonchev–Trinajstić information content (AvgIpc) is 3.14. The smallest absolute Gasteiger partial charge is 0.0454 e. The summed E-state index contributed by atoms with van der Waals surface area (Å²) < 4.78 is 0. The molecule has 0 aromatic heterocycles. The molecule has 0 spiro atoms. The Balaban J connectivity index is 2.05. The summed E-state index contributed by atoms with van der Waals surface area (Å²) in [5, 5.41) is 0.847. The number of halogens is 1. The summed E-state index contributed by atoms with van der Waals surface area (Å²) >= 11 is 6.33. The van der Waals surface area contributed by atoms with Crippen molar-refractivity contribution in [3.63, 3.8) is 0 Å². The van der Waals surface area contributed by atoms with E-state index in [-0.39, 0.29) is 0 Å². The minimum absolute atomic E-state index is 0.552. The Labute approximate surface area is 115 Å². The second kappa shape index (κ2) is 6.05. The van der Waals surface area contributed by atoms with Gasteiger partial charge in [-0.3, -0.25) is 4.90 Å². The second-order valence-electron chi connectivity index (χ2n) is 5.60. The molecule has 0 unspecified atom stereocenters. The van der Waals surface area contributed by atoms with Crippen molar-refractivity contribution >= 4 is 11.6 Å². The molecule has 0 radical (unpaired) electrons. The van der Waals surface area contributed by atoms with Crippen LogP contribution in [0.5, 0.6) is 0 Å². The first-order valence-corrected chi connectivity index (χ1v) is 7.19. The molecule has 1 fully saturated rings. The summed E-state index contributed by atoms with van der Waals surface area (Å²) in [4.78, 5) is 2.51. The number of nitrogens with zero attached hydrogens (tertiary/aromatic N) is 1. The van der Waals surface area contributed by atoms with E-state index < -0.39 is 0 Å². The van der Waals surface area contributed by atoms with E-state index in [1.165, 1.54) is 24.9 Å². The third kappa shape index (κ3) is 3.71. The summed E-state index contributed by atoms with van der Waals surface area (Å²) in [6.07, 6.45) is 2.78. The predicted octanol–water partition coefficient (Wildman–Crippen LogP) is 3.42. The first-order chi connectivity index (χ1) is 8.60. The van der Waals surface area contributed by atoms with Crippen LogP contribution in [0.3, 0.4) is 0 Å². The lowest BCUT2D eigenvalue weighted by Crippen LogP contribution is -2.32. The molecular weight excluding hydrogens is 244 g/mol. The largest absolute Gasteiger partial charge is 0.326 e. The van der Waals surface area contributed by atoms with E-state index in [9.17, 15) is 0 Å². The highest BCUT2D eigenvalue weighted by atomic mass is 35.5. The molecule has 0 amide bonds. The van der Waals surface area contributed by atoms with Crippen molar-refractivity contribution in [2.45, 2.75) is 45.8 Å². The van der Waals surface area contributed by atoms with Crippen molar-refractivity contribution in [2.24, 2.45) is 11.7 Å². The highest BCUT2D eigenvalue weighted by Crippen LogP contribution is 2.31. The average molecular weight is 267 g/mol. The SMILES string of the molecule is CC(C)N(Cc1ccc(CN)cc1Cl)CC1CC1. The van der Waals surface area contributed by atoms with Gasteiger partial charge in [-0.05, 0) is 49.8 Å². The van der Waals surface area contributed by atoms with Gasteiger partial charge >= 0.3 is 0 Å². The molecule has 0 heterocycles. The topological polar surface area (TPSA) is 29.3 Å². The first kappa shape index (κ1) is 13.9. The molecule has 1 aliphatic carbocycles. The van der Waals surface area contributed by atoms with Crippen LogP contribution in [-0.4, -0.2) is 17.5 Å². The van der Waals surface area contributed by atoms with Crippen molar-refractivity contribution in [1.82, 2.24) is 4.90 Å². The normalized spacial score (nSPS) is 15.7. The van der Waals surface area contributed by atoms with Crippen LogP contribution in [0, 0.1) is 5.92 Å². The Kier molecular flexibility index (Phi) is 4.66. The fraction of sp³-hybridized carbons (Fsp3) is 0.600. The van der Waals surface area contributed by atoms with Crippen LogP contribution in [0.25, 0.3) is 0 Å². The van der Waals surface area contributed by atoms with E-state index in [0.29, 0.717) is 12.6 Å². The van der Waals surface area contributed by atoms with E-state index >= 15 is 0 Å². The zero-order valence-electron chi connectivity index (χ0n) is 11.3. The fourth-order valence-electron chi connectivity index (χ4n) is 2.15. The Hall–Kier alpha value is -0.570. The number of rotatable bonds is 6. The molecule has 0 aliphatic heterocycles. The van der Waals surface area contributed by atoms with Crippen LogP contribution in [0.1, 0.15) is 37.8 Å². The van der Waals surface area contributed by atoms with Crippen molar-refractivity contribution in [1.29, 1.82) is 0 Å². The minimum atomic E-state index is 0.552. The molecule has 0 bridgehead atoms. The van der Waals surface area contributed by atoms with Crippen LogP contribution in [-0.2, 0) is 13.1 Å². The van der Waals surface area contributed by atoms with Gasteiger partial charge in [-0.15, -0.1) is 0 Å². The number of nitrogens with two attached hydrogens (primary N) is 1. The van der Waals surface area contributed by atoms with E-state index in [1.54, 1.807) is 0 Å². The minimum Gasteiger partial charge on any atom is -0.326 e. The molecule has 2 nitrogen and oxygen atoms in total. The van der Waals surface area contributed by atoms with Gasteiger partial charge in [-0.2, -0.15) is 0 Å². The molecule has 1 aromatic rings. The molecule has 0 atom stereocenters. The summed E-state index contributed by atoms with van der Waals surface area (Å²) in [5.41, 5.74) is 7.93. The summed E-state index contributed by atoms with van der Waals surface area (Å²) in [6, 6.07) is 6.76.